The lowest BCUT2D eigenvalue weighted by Gasteiger charge is -2.33. The molecule has 0 aromatic heterocycles. The molecule has 0 amide bonds. The van der Waals surface area contributed by atoms with Crippen molar-refractivity contribution in [1.29, 1.82) is 0 Å². The lowest BCUT2D eigenvalue weighted by atomic mass is 9.71. The minimum absolute atomic E-state index is 0.0712. The highest BCUT2D eigenvalue weighted by Crippen LogP contribution is 2.45. The summed E-state index contributed by atoms with van der Waals surface area (Å²) >= 11 is -1.93. The highest BCUT2D eigenvalue weighted by molar-refractivity contribution is 7.79. The van der Waals surface area contributed by atoms with Crippen LogP contribution in [-0.2, 0) is 11.1 Å². The van der Waals surface area contributed by atoms with E-state index >= 15 is 4.39 Å². The fourth-order valence-electron chi connectivity index (χ4n) is 6.07. The van der Waals surface area contributed by atoms with Crippen molar-refractivity contribution in [1.82, 2.24) is 5.32 Å². The molecule has 0 bridgehead atoms. The topological polar surface area (TPSA) is 78.8 Å². The van der Waals surface area contributed by atoms with E-state index in [1.54, 1.807) is 30.8 Å². The normalized spacial score (nSPS) is 21.9. The largest absolute Gasteiger partial charge is 0.360 e. The van der Waals surface area contributed by atoms with Crippen LogP contribution in [0.4, 0.5) is 8.78 Å². The molecule has 5 nitrogen and oxygen atoms in total. The summed E-state index contributed by atoms with van der Waals surface area (Å²) in [6.45, 7) is 2.02. The van der Waals surface area contributed by atoms with Gasteiger partial charge in [0.05, 0.1) is 17.6 Å². The Morgan fingerprint density at radius 3 is 2.77 bits per heavy atom. The highest BCUT2D eigenvalue weighted by Gasteiger charge is 2.35. The van der Waals surface area contributed by atoms with E-state index in [1.165, 1.54) is 12.1 Å². The molecule has 0 saturated heterocycles. The molecule has 2 aromatic rings. The third kappa shape index (κ3) is 4.57. The fraction of sp³-hybridized carbons (Fsp3) is 0.188. The molecule has 0 radical (unpaired) electrons. The van der Waals surface area contributed by atoms with Gasteiger partial charge in [0.1, 0.15) is 11.6 Å². The Morgan fingerprint density at radius 1 is 1.15 bits per heavy atom. The second kappa shape index (κ2) is 10.5. The summed E-state index contributed by atoms with van der Waals surface area (Å²) in [5.74, 6) is -1.85. The molecule has 40 heavy (non-hydrogen) atoms. The Balaban J connectivity index is 1.64. The Morgan fingerprint density at radius 2 is 1.98 bits per heavy atom. The van der Waals surface area contributed by atoms with Gasteiger partial charge in [0.25, 0.3) is 0 Å². The third-order valence-electron chi connectivity index (χ3n) is 7.82. The van der Waals surface area contributed by atoms with E-state index in [9.17, 15) is 17.9 Å². The molecule has 0 saturated carbocycles. The standard InChI is InChI=1S/C32H26F2N2O3S/c1-18-3-4-19(11-14-40(38)39)21-7-10-25-31-24(22-6-5-20(33)15-27(22)34)9-8-23(28-17-35-12-2-13-36-28)26(31)16-29(37)32(25)30(18)21/h2-8,10,12-13,15-18,24,36H,9,11,14H2,1H3,(H,38,39)/t18-,24+/m1/s1. The summed E-state index contributed by atoms with van der Waals surface area (Å²) in [7, 11) is 0. The first kappa shape index (κ1) is 26.2. The minimum atomic E-state index is -1.93. The number of fused-ring (bicyclic) bond motifs is 4. The highest BCUT2D eigenvalue weighted by atomic mass is 32.2. The van der Waals surface area contributed by atoms with Crippen LogP contribution in [0, 0.1) is 11.6 Å². The first-order valence-corrected chi connectivity index (χ1v) is 14.3. The molecular weight excluding hydrogens is 530 g/mol. The molecule has 202 valence electrons. The van der Waals surface area contributed by atoms with Crippen LogP contribution in [0.25, 0.3) is 11.1 Å². The van der Waals surface area contributed by atoms with E-state index in [0.717, 1.165) is 38.8 Å². The SMILES string of the molecule is C[C@@H]1C=CC(CCS(=O)O)=c2ccc3c(c21)C(=O)C=C1C(C2=CN=CC=CN2)=CC[C@@H](c2ccc(F)cc2F)C=31. The van der Waals surface area contributed by atoms with Crippen molar-refractivity contribution < 1.29 is 22.3 Å². The molecular formula is C32H26F2N2O3S. The molecule has 0 spiro atoms. The predicted octanol–water partition coefficient (Wildman–Crippen LogP) is 4.82. The molecule has 2 N–H and O–H groups in total. The summed E-state index contributed by atoms with van der Waals surface area (Å²) in [6, 6.07) is 7.50. The molecule has 1 aliphatic heterocycles. The van der Waals surface area contributed by atoms with Crippen LogP contribution in [0.3, 0.4) is 0 Å². The second-order valence-electron chi connectivity index (χ2n) is 10.2. The molecule has 1 heterocycles. The zero-order valence-electron chi connectivity index (χ0n) is 21.7. The van der Waals surface area contributed by atoms with E-state index < -0.39 is 28.6 Å². The monoisotopic (exact) mass is 556 g/mol. The van der Waals surface area contributed by atoms with Crippen LogP contribution in [0.1, 0.15) is 53.1 Å². The van der Waals surface area contributed by atoms with E-state index in [2.05, 4.69) is 10.3 Å². The Labute approximate surface area is 232 Å². The lowest BCUT2D eigenvalue weighted by Crippen LogP contribution is -2.35. The maximum atomic E-state index is 15.2. The molecule has 0 fully saturated rings. The fourth-order valence-corrected chi connectivity index (χ4v) is 6.46. The minimum Gasteiger partial charge on any atom is -0.360 e. The Bertz CT molecular complexity index is 1800. The van der Waals surface area contributed by atoms with Gasteiger partial charge in [-0.25, -0.2) is 13.0 Å². The summed E-state index contributed by atoms with van der Waals surface area (Å²) in [5.41, 5.74) is 5.67. The van der Waals surface area contributed by atoms with Crippen molar-refractivity contribution in [3.63, 3.8) is 0 Å². The lowest BCUT2D eigenvalue weighted by molar-refractivity contribution is 0.104. The zero-order valence-corrected chi connectivity index (χ0v) is 22.5. The number of nitrogens with zero attached hydrogens (tertiary/aromatic N) is 1. The van der Waals surface area contributed by atoms with Gasteiger partial charge >= 0.3 is 0 Å². The van der Waals surface area contributed by atoms with Crippen LogP contribution in [-0.4, -0.2) is 26.5 Å². The molecule has 3 aliphatic carbocycles. The number of allylic oxidation sites excluding steroid dienone is 6. The van der Waals surface area contributed by atoms with Crippen molar-refractivity contribution in [3.05, 3.63) is 129 Å². The Kier molecular flexibility index (Phi) is 6.90. The van der Waals surface area contributed by atoms with Gasteiger partial charge in [-0.2, -0.15) is 0 Å². The van der Waals surface area contributed by atoms with Crippen LogP contribution in [0.2, 0.25) is 0 Å². The van der Waals surface area contributed by atoms with Crippen molar-refractivity contribution in [2.45, 2.75) is 31.6 Å². The van der Waals surface area contributed by atoms with Gasteiger partial charge in [-0.3, -0.25) is 9.79 Å². The molecule has 4 aliphatic rings. The number of carbonyl (C=O) groups is 1. The van der Waals surface area contributed by atoms with Crippen LogP contribution in [0.15, 0.2) is 94.9 Å². The molecule has 6 rings (SSSR count). The van der Waals surface area contributed by atoms with Gasteiger partial charge < -0.3 is 9.87 Å². The second-order valence-corrected chi connectivity index (χ2v) is 11.2. The van der Waals surface area contributed by atoms with E-state index in [4.69, 9.17) is 0 Å². The molecule has 1 unspecified atom stereocenters. The average Bonchev–Trinajstić information content (AvgIpc) is 3.21. The van der Waals surface area contributed by atoms with E-state index in [0.29, 0.717) is 35.2 Å². The third-order valence-corrected chi connectivity index (χ3v) is 8.37. The average molecular weight is 557 g/mol. The first-order valence-electron chi connectivity index (χ1n) is 13.1. The smallest absolute Gasteiger partial charge is 0.187 e. The van der Waals surface area contributed by atoms with Crippen molar-refractivity contribution >= 4 is 34.2 Å². The molecule has 2 aromatic carbocycles. The predicted molar refractivity (Wildman–Crippen MR) is 153 cm³/mol. The number of benzene rings is 2. The van der Waals surface area contributed by atoms with Crippen molar-refractivity contribution in [2.75, 3.05) is 5.75 Å². The van der Waals surface area contributed by atoms with Gasteiger partial charge in [-0.05, 0) is 69.3 Å². The van der Waals surface area contributed by atoms with Gasteiger partial charge in [0.2, 0.25) is 0 Å². The maximum absolute atomic E-state index is 15.2. The first-order chi connectivity index (χ1) is 19.3. The number of aliphatic imine (C=N–C) groups is 1. The summed E-state index contributed by atoms with van der Waals surface area (Å²) < 4.78 is 49.8. The van der Waals surface area contributed by atoms with Gasteiger partial charge in [-0.1, -0.05) is 43.4 Å². The number of halogens is 2. The summed E-state index contributed by atoms with van der Waals surface area (Å²) in [6.07, 6.45) is 15.3. The molecule has 8 heteroatoms. The number of nitrogens with one attached hydrogen (secondary N) is 1. The number of ketones is 1. The Hall–Kier alpha value is -4.01. The number of hydrogen-bond donors (Lipinski definition) is 2. The van der Waals surface area contributed by atoms with Crippen LogP contribution in [0.5, 0.6) is 0 Å². The number of carbonyl (C=O) groups excluding carboxylic acids is 1. The molecule has 3 atom stereocenters. The van der Waals surface area contributed by atoms with Crippen LogP contribution < -0.4 is 15.8 Å². The van der Waals surface area contributed by atoms with E-state index in [1.807, 2.05) is 37.3 Å². The maximum Gasteiger partial charge on any atom is 0.187 e. The zero-order chi connectivity index (χ0) is 28.0. The quantitative estimate of drug-likeness (QED) is 0.518. The number of rotatable bonds is 5. The van der Waals surface area contributed by atoms with Gasteiger partial charge in [0, 0.05) is 41.5 Å². The van der Waals surface area contributed by atoms with Gasteiger partial charge in [-0.15, -0.1) is 0 Å². The number of hydrogen-bond acceptors (Lipinski definition) is 4. The van der Waals surface area contributed by atoms with Gasteiger partial charge in [0.15, 0.2) is 16.9 Å². The van der Waals surface area contributed by atoms with E-state index in [-0.39, 0.29) is 17.5 Å². The van der Waals surface area contributed by atoms with Crippen molar-refractivity contribution in [2.24, 2.45) is 4.99 Å². The van der Waals surface area contributed by atoms with Crippen molar-refractivity contribution in [3.8, 4) is 0 Å². The van der Waals surface area contributed by atoms with Crippen LogP contribution >= 0.6 is 0 Å². The summed E-state index contributed by atoms with van der Waals surface area (Å²) in [5, 5.41) is 4.83. The summed E-state index contributed by atoms with van der Waals surface area (Å²) in [4.78, 5) is 18.2.